The minimum atomic E-state index is -0.0829. The van der Waals surface area contributed by atoms with Crippen molar-refractivity contribution in [1.82, 2.24) is 5.32 Å². The van der Waals surface area contributed by atoms with Crippen molar-refractivity contribution in [2.75, 3.05) is 30.1 Å². The van der Waals surface area contributed by atoms with Crippen LogP contribution in [0.3, 0.4) is 0 Å². The summed E-state index contributed by atoms with van der Waals surface area (Å²) in [7, 11) is 0. The van der Waals surface area contributed by atoms with Crippen LogP contribution in [0.15, 0.2) is 12.7 Å². The lowest BCUT2D eigenvalue weighted by atomic mass is 10.6. The van der Waals surface area contributed by atoms with Gasteiger partial charge in [-0.25, -0.2) is 0 Å². The zero-order valence-corrected chi connectivity index (χ0v) is 8.97. The predicted octanol–water partition coefficient (Wildman–Crippen LogP) is 1.38. The van der Waals surface area contributed by atoms with E-state index in [0.717, 1.165) is 18.1 Å². The molecule has 0 bridgehead atoms. The number of hydrogen-bond acceptors (Lipinski definition) is 3. The van der Waals surface area contributed by atoms with Crippen molar-refractivity contribution in [3.8, 4) is 0 Å². The van der Waals surface area contributed by atoms with Crippen molar-refractivity contribution in [2.45, 2.75) is 0 Å². The van der Waals surface area contributed by atoms with Crippen LogP contribution in [0.1, 0.15) is 0 Å². The molecule has 0 spiro atoms. The summed E-state index contributed by atoms with van der Waals surface area (Å²) in [6.45, 7) is 4.11. The highest BCUT2D eigenvalue weighted by atomic mass is 32.2. The monoisotopic (exact) mass is 205 g/mol. The Morgan fingerprint density at radius 2 is 2.25 bits per heavy atom. The Kier molecular flexibility index (Phi) is 8.93. The molecule has 0 aliphatic rings. The number of carbonyl (C=O) groups is 1. The van der Waals surface area contributed by atoms with Crippen LogP contribution in [0.25, 0.3) is 0 Å². The van der Waals surface area contributed by atoms with Gasteiger partial charge in [0.2, 0.25) is 5.91 Å². The molecular weight excluding hydrogens is 190 g/mol. The summed E-state index contributed by atoms with van der Waals surface area (Å²) in [6.07, 6.45) is 3.40. The molecule has 0 unspecified atom stereocenters. The highest BCUT2D eigenvalue weighted by Crippen LogP contribution is 2.02. The van der Waals surface area contributed by atoms with Crippen LogP contribution in [-0.4, -0.2) is 36.0 Å². The van der Waals surface area contributed by atoms with E-state index in [0.29, 0.717) is 0 Å². The topological polar surface area (TPSA) is 29.1 Å². The van der Waals surface area contributed by atoms with Crippen molar-refractivity contribution >= 4 is 29.4 Å². The van der Waals surface area contributed by atoms with E-state index >= 15 is 0 Å². The third-order valence-electron chi connectivity index (χ3n) is 1.16. The molecule has 4 heteroatoms. The van der Waals surface area contributed by atoms with Gasteiger partial charge in [-0.2, -0.15) is 23.5 Å². The van der Waals surface area contributed by atoms with Crippen LogP contribution in [0.5, 0.6) is 0 Å². The van der Waals surface area contributed by atoms with Crippen LogP contribution in [0.2, 0.25) is 0 Å². The summed E-state index contributed by atoms with van der Waals surface area (Å²) < 4.78 is 0. The molecule has 0 heterocycles. The quantitative estimate of drug-likeness (QED) is 0.503. The minimum absolute atomic E-state index is 0.0829. The average molecular weight is 205 g/mol. The maximum absolute atomic E-state index is 10.7. The van der Waals surface area contributed by atoms with Gasteiger partial charge in [-0.1, -0.05) is 6.58 Å². The highest BCUT2D eigenvalue weighted by molar-refractivity contribution is 8.02. The number of rotatable bonds is 7. The van der Waals surface area contributed by atoms with Gasteiger partial charge in [-0.3, -0.25) is 4.79 Å². The lowest BCUT2D eigenvalue weighted by Crippen LogP contribution is -2.23. The van der Waals surface area contributed by atoms with Crippen molar-refractivity contribution in [2.24, 2.45) is 0 Å². The summed E-state index contributed by atoms with van der Waals surface area (Å²) in [6, 6.07) is 0. The van der Waals surface area contributed by atoms with Crippen molar-refractivity contribution in [1.29, 1.82) is 0 Å². The molecule has 0 saturated carbocycles. The highest BCUT2D eigenvalue weighted by Gasteiger charge is 1.92. The second-order valence-electron chi connectivity index (χ2n) is 2.10. The zero-order chi connectivity index (χ0) is 9.23. The average Bonchev–Trinajstić information content (AvgIpc) is 2.10. The maximum Gasteiger partial charge on any atom is 0.243 e. The number of thioether (sulfide) groups is 2. The van der Waals surface area contributed by atoms with Crippen molar-refractivity contribution < 1.29 is 4.79 Å². The fourth-order valence-corrected chi connectivity index (χ4v) is 2.15. The Bertz CT molecular complexity index is 139. The standard InChI is InChI=1S/C8H15NOS2/c1-3-8(10)9-4-5-12-7-6-11-2/h3H,1,4-7H2,2H3,(H,9,10). The summed E-state index contributed by atoms with van der Waals surface area (Å²) in [5, 5.41) is 2.72. The normalized spacial score (nSPS) is 9.42. The molecule has 1 amide bonds. The second kappa shape index (κ2) is 9.00. The molecule has 0 aromatic rings. The molecule has 70 valence electrons. The van der Waals surface area contributed by atoms with E-state index in [2.05, 4.69) is 18.2 Å². The first-order valence-corrected chi connectivity index (χ1v) is 6.33. The van der Waals surface area contributed by atoms with Gasteiger partial charge in [0.15, 0.2) is 0 Å². The number of carbonyl (C=O) groups excluding carboxylic acids is 1. The summed E-state index contributed by atoms with van der Waals surface area (Å²) in [5.74, 6) is 3.24. The Balaban J connectivity index is 3.00. The third kappa shape index (κ3) is 8.01. The van der Waals surface area contributed by atoms with E-state index in [-0.39, 0.29) is 5.91 Å². The molecule has 0 aliphatic carbocycles. The lowest BCUT2D eigenvalue weighted by Gasteiger charge is -2.01. The Hall–Kier alpha value is -0.0900. The molecule has 2 nitrogen and oxygen atoms in total. The molecule has 0 rings (SSSR count). The smallest absolute Gasteiger partial charge is 0.243 e. The van der Waals surface area contributed by atoms with Crippen LogP contribution in [0.4, 0.5) is 0 Å². The van der Waals surface area contributed by atoms with Gasteiger partial charge in [0, 0.05) is 23.8 Å². The SMILES string of the molecule is C=CC(=O)NCCSCCSC. The third-order valence-corrected chi connectivity index (χ3v) is 3.02. The molecule has 12 heavy (non-hydrogen) atoms. The van der Waals surface area contributed by atoms with E-state index in [1.807, 2.05) is 23.5 Å². The van der Waals surface area contributed by atoms with Crippen molar-refractivity contribution in [3.63, 3.8) is 0 Å². The molecule has 0 aromatic carbocycles. The Morgan fingerprint density at radius 3 is 2.83 bits per heavy atom. The fraction of sp³-hybridized carbons (Fsp3) is 0.625. The van der Waals surface area contributed by atoms with Gasteiger partial charge < -0.3 is 5.32 Å². The summed E-state index contributed by atoms with van der Waals surface area (Å²) in [5.41, 5.74) is 0. The van der Waals surface area contributed by atoms with Gasteiger partial charge in [0.05, 0.1) is 0 Å². The second-order valence-corrected chi connectivity index (χ2v) is 4.31. The maximum atomic E-state index is 10.7. The summed E-state index contributed by atoms with van der Waals surface area (Å²) in [4.78, 5) is 10.7. The fourth-order valence-electron chi connectivity index (χ4n) is 0.563. The number of hydrogen-bond donors (Lipinski definition) is 1. The van der Waals surface area contributed by atoms with Crippen LogP contribution >= 0.6 is 23.5 Å². The molecule has 0 aromatic heterocycles. The minimum Gasteiger partial charge on any atom is -0.352 e. The van der Waals surface area contributed by atoms with Gasteiger partial charge in [0.25, 0.3) is 0 Å². The Morgan fingerprint density at radius 1 is 1.50 bits per heavy atom. The van der Waals surface area contributed by atoms with E-state index in [9.17, 15) is 4.79 Å². The van der Waals surface area contributed by atoms with E-state index < -0.39 is 0 Å². The van der Waals surface area contributed by atoms with E-state index in [1.165, 1.54) is 11.8 Å². The predicted molar refractivity (Wildman–Crippen MR) is 58.9 cm³/mol. The molecular formula is C8H15NOS2. The molecule has 0 atom stereocenters. The molecule has 0 fully saturated rings. The molecule has 0 aliphatic heterocycles. The molecule has 0 radical (unpaired) electrons. The molecule has 0 saturated heterocycles. The van der Waals surface area contributed by atoms with Gasteiger partial charge in [-0.05, 0) is 12.3 Å². The van der Waals surface area contributed by atoms with Gasteiger partial charge in [-0.15, -0.1) is 0 Å². The van der Waals surface area contributed by atoms with E-state index in [4.69, 9.17) is 0 Å². The first-order valence-electron chi connectivity index (χ1n) is 3.78. The van der Waals surface area contributed by atoms with Gasteiger partial charge in [0.1, 0.15) is 0 Å². The van der Waals surface area contributed by atoms with Gasteiger partial charge >= 0.3 is 0 Å². The largest absolute Gasteiger partial charge is 0.352 e. The van der Waals surface area contributed by atoms with Crippen LogP contribution < -0.4 is 5.32 Å². The van der Waals surface area contributed by atoms with Crippen LogP contribution in [-0.2, 0) is 4.79 Å². The lowest BCUT2D eigenvalue weighted by molar-refractivity contribution is -0.116. The number of nitrogens with one attached hydrogen (secondary N) is 1. The number of amides is 1. The van der Waals surface area contributed by atoms with E-state index in [1.54, 1.807) is 0 Å². The first kappa shape index (κ1) is 11.9. The zero-order valence-electron chi connectivity index (χ0n) is 7.34. The summed E-state index contributed by atoms with van der Waals surface area (Å²) >= 11 is 3.71. The van der Waals surface area contributed by atoms with Crippen LogP contribution in [0, 0.1) is 0 Å². The Labute approximate surface area is 82.6 Å². The first-order chi connectivity index (χ1) is 5.81. The molecule has 1 N–H and O–H groups in total. The van der Waals surface area contributed by atoms with Crippen molar-refractivity contribution in [3.05, 3.63) is 12.7 Å².